The van der Waals surface area contributed by atoms with Gasteiger partial charge in [0.15, 0.2) is 39.7 Å². The third-order valence-electron chi connectivity index (χ3n) is 20.4. The van der Waals surface area contributed by atoms with Crippen LogP contribution in [0.3, 0.4) is 0 Å². The number of carboxylic acid groups (broad SMARTS) is 1. The molecule has 37 heteroatoms. The number of ether oxygens (including phenoxy) is 3. The van der Waals surface area contributed by atoms with E-state index in [4.69, 9.17) is 78.5 Å². The van der Waals surface area contributed by atoms with Gasteiger partial charge in [-0.2, -0.15) is 0 Å². The van der Waals surface area contributed by atoms with Crippen molar-refractivity contribution in [1.82, 2.24) is 31.3 Å². The molecular weight excluding hydrogens is 1890 g/mol. The second-order valence-corrected chi connectivity index (χ2v) is 29.4. The van der Waals surface area contributed by atoms with Crippen molar-refractivity contribution in [3.05, 3.63) is 247 Å². The average Bonchev–Trinajstić information content (AvgIpc) is 1.63. The van der Waals surface area contributed by atoms with Gasteiger partial charge in [-0.1, -0.05) is 20.6 Å². The molecule has 21 rings (SSSR count). The van der Waals surface area contributed by atoms with Gasteiger partial charge in [0.1, 0.15) is 103 Å². The predicted molar refractivity (Wildman–Crippen MR) is 470 cm³/mol. The summed E-state index contributed by atoms with van der Waals surface area (Å²) in [7, 11) is 0. The van der Waals surface area contributed by atoms with Crippen molar-refractivity contribution in [3.63, 3.8) is 0 Å². The van der Waals surface area contributed by atoms with Crippen molar-refractivity contribution >= 4 is 174 Å². The third kappa shape index (κ3) is 22.3. The first-order chi connectivity index (χ1) is 62.5. The number of phenolic OH excluding ortho intramolecular Hbond substituents is 4. The second kappa shape index (κ2) is 42.1. The number of Topliss-reactive ketones (excluding diaryl/α,β-unsaturated/α-hetero) is 3. The molecular formula is C95H81N6O30W-. The van der Waals surface area contributed by atoms with E-state index in [1.54, 1.807) is 105 Å². The average molecular weight is 1970 g/mol. The number of amides is 4. The van der Waals surface area contributed by atoms with E-state index in [0.29, 0.717) is 146 Å². The van der Waals surface area contributed by atoms with Crippen LogP contribution < -0.4 is 21.0 Å². The van der Waals surface area contributed by atoms with Crippen molar-refractivity contribution in [2.75, 3.05) is 19.8 Å². The van der Waals surface area contributed by atoms with E-state index in [-0.39, 0.29) is 129 Å². The largest absolute Gasteiger partial charge is 0.508 e. The number of piperidine rings is 2. The van der Waals surface area contributed by atoms with Gasteiger partial charge < -0.3 is 101 Å². The van der Waals surface area contributed by atoms with Crippen LogP contribution in [0.15, 0.2) is 243 Å². The maximum absolute atomic E-state index is 11.9. The molecule has 2 aliphatic rings. The van der Waals surface area contributed by atoms with Crippen LogP contribution >= 0.6 is 0 Å². The molecule has 4 amide bonds. The summed E-state index contributed by atoms with van der Waals surface area (Å²) in [6.07, 6.45) is 11.0. The number of aromatic hydroxyl groups is 5. The van der Waals surface area contributed by atoms with E-state index in [0.717, 1.165) is 71.6 Å². The molecule has 0 bridgehead atoms. The molecule has 13 heterocycles. The Bertz CT molecular complexity index is 7410. The fourth-order valence-electron chi connectivity index (χ4n) is 14.0. The minimum atomic E-state index is -0.928. The van der Waals surface area contributed by atoms with Crippen molar-refractivity contribution < 1.29 is 158 Å². The van der Waals surface area contributed by atoms with Crippen molar-refractivity contribution in [2.24, 2.45) is 0 Å². The van der Waals surface area contributed by atoms with E-state index >= 15 is 0 Å². The summed E-state index contributed by atoms with van der Waals surface area (Å²) in [4.78, 5) is 112. The van der Waals surface area contributed by atoms with Crippen molar-refractivity contribution in [1.29, 1.82) is 0 Å². The number of ketones is 3. The summed E-state index contributed by atoms with van der Waals surface area (Å²) in [5.41, 5.74) is 9.14. The number of rotatable bonds is 15. The van der Waals surface area contributed by atoms with Crippen LogP contribution in [0.1, 0.15) is 133 Å². The maximum atomic E-state index is 11.9. The number of carbonyl (C=O) groups is 9. The molecule has 8 aromatic carbocycles. The van der Waals surface area contributed by atoms with Gasteiger partial charge in [-0.15, -0.1) is 0 Å². The Labute approximate surface area is 757 Å². The Balaban J connectivity index is 0.000000137. The minimum absolute atomic E-state index is 0. The quantitative estimate of drug-likeness (QED) is 0.0155. The molecule has 36 nitrogen and oxygen atoms in total. The van der Waals surface area contributed by atoms with Gasteiger partial charge >= 0.3 is 17.6 Å². The van der Waals surface area contributed by atoms with Crippen LogP contribution in [-0.4, -0.2) is 130 Å². The second-order valence-electron chi connectivity index (χ2n) is 29.4. The Kier molecular flexibility index (Phi) is 30.3. The summed E-state index contributed by atoms with van der Waals surface area (Å²) in [5.74, 6) is -3.65. The van der Waals surface area contributed by atoms with E-state index in [2.05, 4.69) is 31.3 Å². The number of imide groups is 2. The summed E-state index contributed by atoms with van der Waals surface area (Å²) in [6, 6.07) is 41.3. The summed E-state index contributed by atoms with van der Waals surface area (Å²) < 4.78 is 72.7. The molecule has 3 atom stereocenters. The van der Waals surface area contributed by atoms with Crippen LogP contribution in [0.5, 0.6) is 34.5 Å². The fraction of sp³-hybridized carbons (Fsp3) is 0.189. The maximum Gasteiger partial charge on any atom is 0.339 e. The first kappa shape index (κ1) is 94.9. The van der Waals surface area contributed by atoms with Crippen LogP contribution in [-0.2, 0) is 72.1 Å². The zero-order valence-electron chi connectivity index (χ0n) is 71.2. The number of esters is 1. The number of fused-ring (bicyclic) bond motifs is 11. The number of hydrogen-bond donors (Lipinski definition) is 8. The smallest absolute Gasteiger partial charge is 0.339 e. The number of carboxylic acids is 1. The van der Waals surface area contributed by atoms with E-state index < -0.39 is 23.4 Å². The molecule has 0 radical (unpaired) electrons. The normalized spacial score (nSPS) is 13.5. The number of carbonyl (C=O) groups excluding carboxylic acids is 8. The van der Waals surface area contributed by atoms with Crippen LogP contribution in [0.4, 0.5) is 0 Å². The standard InChI is InChI=1S/2C14H10N2O4.C13H11NO4.C13H18O4.C11H7NO4.C11H6O4.C10H8O3.C8H8O3.CH3.W/c2*17-12-2-1-8(14(18)15-12)13-9-5-7-3-4-19-10(7)6-11(9)20-16-13;1-2-16-13(15)6-10-9-5-8-3-4-17-11(8)7-12(9)18-14-10;1-4-16-9(2)8-17-11-5-6-12(10(3)14)13(15)7-11;13-11(14)4-8-7-3-6-1-2-15-9(6)5-10(7)16-12-8;12-8-4-11(13)15-10-5-9-6(1-2-14-9)3-7(8)10;1-6(11)8-4-7-2-3-13-10(7)5-9(8)12;1-5(9)7-3-2-6(10)4-8(7)11;;/h2*3-6,8H,1-2H2,(H,15,17,18);3-5,7H,2,6H2,1H3;5-7,9,15H,4,8H2,1-3H3;1-3,5H,4H2,(H,13,14);1-5,12H;2-5,12H,1H3;2-4,10-11H,1H3;1H3;/q;;;;;;;;-1;. The predicted octanol–water partition coefficient (Wildman–Crippen LogP) is 17.8. The summed E-state index contributed by atoms with van der Waals surface area (Å²) in [6.45, 7) is 11.2. The van der Waals surface area contributed by atoms with Gasteiger partial charge in [0, 0.05) is 143 Å². The number of furan rings is 6. The van der Waals surface area contributed by atoms with Crippen molar-refractivity contribution in [2.45, 2.75) is 98.0 Å². The monoisotopic (exact) mass is 1970 g/mol. The Morgan fingerprint density at radius 2 is 0.811 bits per heavy atom. The molecule has 0 aliphatic carbocycles. The van der Waals surface area contributed by atoms with Gasteiger partial charge in [-0.05, 0) is 151 Å². The minimum Gasteiger partial charge on any atom is -0.508 e. The first-order valence-electron chi connectivity index (χ1n) is 40.1. The Morgan fingerprint density at radius 1 is 0.424 bits per heavy atom. The molecule has 8 N–H and O–H groups in total. The molecule has 3 unspecified atom stereocenters. The number of nitrogens with zero attached hydrogens (tertiary/aromatic N) is 4. The first-order valence-corrected chi connectivity index (χ1v) is 40.1. The molecule has 678 valence electrons. The molecule has 0 spiro atoms. The number of hydrogen-bond acceptors (Lipinski definition) is 33. The fourth-order valence-corrected chi connectivity index (χ4v) is 14.0. The molecule has 11 aromatic heterocycles. The van der Waals surface area contributed by atoms with Gasteiger partial charge in [0.2, 0.25) is 23.6 Å². The zero-order chi connectivity index (χ0) is 92.1. The van der Waals surface area contributed by atoms with E-state index in [1.165, 1.54) is 51.3 Å². The molecule has 0 saturated carbocycles. The van der Waals surface area contributed by atoms with Crippen molar-refractivity contribution in [3.8, 4) is 34.5 Å². The van der Waals surface area contributed by atoms with E-state index in [9.17, 15) is 63.3 Å². The Hall–Kier alpha value is -16.2. The number of nitrogens with one attached hydrogen (secondary N) is 2. The SMILES string of the molecule is CC(=O)c1cc2ccoc2cc1O.CC(=O)c1ccc(O)cc1O.CCOC(=O)Cc1noc2cc3occc3cc12.CCOC(C)COc1ccc(C(C)=O)c(O)c1.O=C(O)Cc1noc2cc3occc3cc12.O=C1CCC(c2noc3cc4occc4cc23)C(=O)N1.O=C1CCC(c2noc3cc4occc4cc23)C(=O)N1.O=c1cc(O)c2cc3ccoc3cc2o1.[CH3-].[W]. The van der Waals surface area contributed by atoms with Crippen LogP contribution in [0, 0.1) is 7.43 Å². The van der Waals surface area contributed by atoms with Gasteiger partial charge in [-0.3, -0.25) is 53.8 Å². The number of aliphatic carboxylic acids is 1. The number of benzene rings is 8. The molecule has 132 heavy (non-hydrogen) atoms. The van der Waals surface area contributed by atoms with Gasteiger partial charge in [0.25, 0.3) is 0 Å². The van der Waals surface area contributed by atoms with Crippen LogP contribution in [0.25, 0.3) is 121 Å². The molecule has 2 aliphatic heterocycles. The Morgan fingerprint density at radius 3 is 1.23 bits per heavy atom. The summed E-state index contributed by atoms with van der Waals surface area (Å²) in [5, 5.41) is 84.5. The topological polar surface area (TPSA) is 540 Å². The zero-order valence-corrected chi connectivity index (χ0v) is 74.1. The van der Waals surface area contributed by atoms with Gasteiger partial charge in [0.05, 0.1) is 103 Å². The number of aromatic nitrogens is 4. The number of phenols is 4. The molecule has 2 saturated heterocycles. The summed E-state index contributed by atoms with van der Waals surface area (Å²) >= 11 is 0. The van der Waals surface area contributed by atoms with E-state index in [1.807, 2.05) is 62.4 Å². The van der Waals surface area contributed by atoms with Crippen LogP contribution in [0.2, 0.25) is 0 Å². The van der Waals surface area contributed by atoms with Gasteiger partial charge in [-0.25, -0.2) is 4.79 Å². The third-order valence-corrected chi connectivity index (χ3v) is 20.4. The molecule has 2 fully saturated rings. The molecule has 19 aromatic rings.